The van der Waals surface area contributed by atoms with Gasteiger partial charge in [-0.3, -0.25) is 4.79 Å². The fourth-order valence-corrected chi connectivity index (χ4v) is 4.05. The van der Waals surface area contributed by atoms with Gasteiger partial charge in [0.25, 0.3) is 5.91 Å². The van der Waals surface area contributed by atoms with Crippen LogP contribution >= 0.6 is 0 Å². The number of benzene rings is 3. The van der Waals surface area contributed by atoms with Gasteiger partial charge in [0.1, 0.15) is 5.75 Å². The minimum Gasteiger partial charge on any atom is -0.497 e. The van der Waals surface area contributed by atoms with Gasteiger partial charge in [-0.2, -0.15) is 0 Å². The van der Waals surface area contributed by atoms with E-state index in [1.807, 2.05) is 53.4 Å². The van der Waals surface area contributed by atoms with E-state index in [-0.39, 0.29) is 5.91 Å². The van der Waals surface area contributed by atoms with E-state index < -0.39 is 0 Å². The molecule has 6 nitrogen and oxygen atoms in total. The van der Waals surface area contributed by atoms with E-state index >= 15 is 0 Å². The maximum Gasteiger partial charge on any atom is 0.253 e. The molecular formula is C26H24N4O2. The average Bonchev–Trinajstić information content (AvgIpc) is 2.88. The second kappa shape index (κ2) is 8.67. The van der Waals surface area contributed by atoms with Crippen LogP contribution in [0.2, 0.25) is 0 Å². The number of aromatic nitrogens is 2. The summed E-state index contributed by atoms with van der Waals surface area (Å²) in [4.78, 5) is 16.8. The van der Waals surface area contributed by atoms with Crippen molar-refractivity contribution in [1.82, 2.24) is 15.1 Å². The van der Waals surface area contributed by atoms with Crippen LogP contribution in [-0.4, -0.2) is 54.3 Å². The molecule has 1 saturated heterocycles. The average molecular weight is 425 g/mol. The molecule has 3 aromatic carbocycles. The minimum absolute atomic E-state index is 0.0463. The van der Waals surface area contributed by atoms with E-state index in [1.54, 1.807) is 7.11 Å². The van der Waals surface area contributed by atoms with Gasteiger partial charge in [0.2, 0.25) is 0 Å². The first-order valence-corrected chi connectivity index (χ1v) is 10.7. The molecule has 0 N–H and O–H groups in total. The van der Waals surface area contributed by atoms with Crippen molar-refractivity contribution >= 4 is 22.5 Å². The Balaban J connectivity index is 1.24. The standard InChI is InChI=1S/C26H24N4O2/c1-32-23-10-8-20(9-11-23)26(31)30-16-14-29(15-17-30)25-13-12-24(27-28-25)22-7-6-19-4-2-3-5-21(19)18-22/h2-13,18H,14-17H2,1H3. The van der Waals surface area contributed by atoms with Gasteiger partial charge in [-0.15, -0.1) is 10.2 Å². The van der Waals surface area contributed by atoms with Crippen molar-refractivity contribution in [1.29, 1.82) is 0 Å². The number of rotatable bonds is 4. The lowest BCUT2D eigenvalue weighted by molar-refractivity contribution is 0.0746. The highest BCUT2D eigenvalue weighted by atomic mass is 16.5. The third kappa shape index (κ3) is 3.99. The Bertz CT molecular complexity index is 1230. The fourth-order valence-electron chi connectivity index (χ4n) is 4.05. The van der Waals surface area contributed by atoms with Gasteiger partial charge in [0.05, 0.1) is 12.8 Å². The van der Waals surface area contributed by atoms with Gasteiger partial charge in [0.15, 0.2) is 5.82 Å². The van der Waals surface area contributed by atoms with Crippen molar-refractivity contribution in [2.45, 2.75) is 0 Å². The van der Waals surface area contributed by atoms with Crippen LogP contribution in [0, 0.1) is 0 Å². The van der Waals surface area contributed by atoms with Gasteiger partial charge in [-0.05, 0) is 53.2 Å². The number of piperazine rings is 1. The Morgan fingerprint density at radius 1 is 0.812 bits per heavy atom. The fraction of sp³-hybridized carbons (Fsp3) is 0.192. The molecule has 2 heterocycles. The van der Waals surface area contributed by atoms with Crippen LogP contribution in [0.25, 0.3) is 22.0 Å². The molecule has 0 bridgehead atoms. The normalized spacial score (nSPS) is 13.9. The minimum atomic E-state index is 0.0463. The number of ether oxygens (including phenoxy) is 1. The molecule has 1 aromatic heterocycles. The molecular weight excluding hydrogens is 400 g/mol. The van der Waals surface area contributed by atoms with E-state index in [0.717, 1.165) is 35.9 Å². The number of hydrogen-bond donors (Lipinski definition) is 0. The predicted molar refractivity (Wildman–Crippen MR) is 126 cm³/mol. The molecule has 0 spiro atoms. The maximum atomic E-state index is 12.8. The van der Waals surface area contributed by atoms with Crippen LogP contribution in [0.1, 0.15) is 10.4 Å². The Labute approximate surface area is 187 Å². The van der Waals surface area contributed by atoms with Crippen LogP contribution in [0.4, 0.5) is 5.82 Å². The van der Waals surface area contributed by atoms with Gasteiger partial charge in [-0.25, -0.2) is 0 Å². The lowest BCUT2D eigenvalue weighted by atomic mass is 10.1. The van der Waals surface area contributed by atoms with E-state index in [4.69, 9.17) is 4.74 Å². The second-order valence-corrected chi connectivity index (χ2v) is 7.85. The third-order valence-electron chi connectivity index (χ3n) is 5.92. The molecule has 1 amide bonds. The highest BCUT2D eigenvalue weighted by Crippen LogP contribution is 2.24. The Kier molecular flexibility index (Phi) is 5.42. The van der Waals surface area contributed by atoms with Crippen molar-refractivity contribution < 1.29 is 9.53 Å². The number of hydrogen-bond acceptors (Lipinski definition) is 5. The maximum absolute atomic E-state index is 12.8. The SMILES string of the molecule is COc1ccc(C(=O)N2CCN(c3ccc(-c4ccc5ccccc5c4)nn3)CC2)cc1. The summed E-state index contributed by atoms with van der Waals surface area (Å²) in [5, 5.41) is 11.3. The number of anilines is 1. The zero-order valence-electron chi connectivity index (χ0n) is 17.9. The number of carbonyl (C=O) groups excluding carboxylic acids is 1. The highest BCUT2D eigenvalue weighted by molar-refractivity contribution is 5.94. The molecule has 160 valence electrons. The van der Waals surface area contributed by atoms with Crippen LogP contribution in [-0.2, 0) is 0 Å². The second-order valence-electron chi connectivity index (χ2n) is 7.85. The number of methoxy groups -OCH3 is 1. The Morgan fingerprint density at radius 2 is 1.56 bits per heavy atom. The van der Waals surface area contributed by atoms with Crippen molar-refractivity contribution in [3.8, 4) is 17.0 Å². The van der Waals surface area contributed by atoms with E-state index in [9.17, 15) is 4.79 Å². The van der Waals surface area contributed by atoms with Crippen molar-refractivity contribution in [2.75, 3.05) is 38.2 Å². The monoisotopic (exact) mass is 424 g/mol. The summed E-state index contributed by atoms with van der Waals surface area (Å²) in [5.74, 6) is 1.63. The summed E-state index contributed by atoms with van der Waals surface area (Å²) in [5.41, 5.74) is 2.59. The van der Waals surface area contributed by atoms with Gasteiger partial charge < -0.3 is 14.5 Å². The summed E-state index contributed by atoms with van der Waals surface area (Å²) in [6.45, 7) is 2.76. The third-order valence-corrected chi connectivity index (χ3v) is 5.92. The molecule has 0 radical (unpaired) electrons. The molecule has 6 heteroatoms. The van der Waals surface area contributed by atoms with E-state index in [0.29, 0.717) is 18.7 Å². The van der Waals surface area contributed by atoms with Gasteiger partial charge >= 0.3 is 0 Å². The first kappa shape index (κ1) is 20.0. The summed E-state index contributed by atoms with van der Waals surface area (Å²) in [7, 11) is 1.62. The molecule has 5 rings (SSSR count). The molecule has 1 aliphatic heterocycles. The Hall–Kier alpha value is -3.93. The summed E-state index contributed by atoms with van der Waals surface area (Å²) >= 11 is 0. The Morgan fingerprint density at radius 3 is 2.25 bits per heavy atom. The van der Waals surface area contributed by atoms with Crippen LogP contribution in [0.5, 0.6) is 5.75 Å². The molecule has 0 saturated carbocycles. The number of carbonyl (C=O) groups is 1. The number of nitrogens with zero attached hydrogens (tertiary/aromatic N) is 4. The zero-order valence-corrected chi connectivity index (χ0v) is 17.9. The quantitative estimate of drug-likeness (QED) is 0.490. The summed E-state index contributed by atoms with van der Waals surface area (Å²) < 4.78 is 5.17. The van der Waals surface area contributed by atoms with Gasteiger partial charge in [-0.1, -0.05) is 36.4 Å². The predicted octanol–water partition coefficient (Wildman–Crippen LogP) is 4.27. The van der Waals surface area contributed by atoms with Crippen molar-refractivity contribution in [3.63, 3.8) is 0 Å². The molecule has 32 heavy (non-hydrogen) atoms. The topological polar surface area (TPSA) is 58.6 Å². The van der Waals surface area contributed by atoms with Crippen LogP contribution < -0.4 is 9.64 Å². The van der Waals surface area contributed by atoms with Gasteiger partial charge in [0, 0.05) is 37.3 Å². The molecule has 0 unspecified atom stereocenters. The number of fused-ring (bicyclic) bond motifs is 1. The molecule has 4 aromatic rings. The first-order valence-electron chi connectivity index (χ1n) is 10.7. The first-order chi connectivity index (χ1) is 15.7. The molecule has 1 aliphatic rings. The molecule has 1 fully saturated rings. The smallest absolute Gasteiger partial charge is 0.253 e. The number of amides is 1. The summed E-state index contributed by atoms with van der Waals surface area (Å²) in [6, 6.07) is 25.9. The van der Waals surface area contributed by atoms with Crippen LogP contribution in [0.3, 0.4) is 0 Å². The molecule has 0 aliphatic carbocycles. The largest absolute Gasteiger partial charge is 0.497 e. The van der Waals surface area contributed by atoms with E-state index in [2.05, 4.69) is 45.4 Å². The van der Waals surface area contributed by atoms with Crippen LogP contribution in [0.15, 0.2) is 78.9 Å². The summed E-state index contributed by atoms with van der Waals surface area (Å²) in [6.07, 6.45) is 0. The van der Waals surface area contributed by atoms with Crippen molar-refractivity contribution in [2.24, 2.45) is 0 Å². The van der Waals surface area contributed by atoms with Crippen molar-refractivity contribution in [3.05, 3.63) is 84.4 Å². The lowest BCUT2D eigenvalue weighted by Gasteiger charge is -2.35. The highest BCUT2D eigenvalue weighted by Gasteiger charge is 2.23. The molecule has 0 atom stereocenters. The lowest BCUT2D eigenvalue weighted by Crippen LogP contribution is -2.49. The van der Waals surface area contributed by atoms with E-state index in [1.165, 1.54) is 10.8 Å². The zero-order chi connectivity index (χ0) is 21.9.